The maximum Gasteiger partial charge on any atom is 0.193 e. The van der Waals surface area contributed by atoms with Gasteiger partial charge in [0.2, 0.25) is 0 Å². The minimum atomic E-state index is 0. The minimum absolute atomic E-state index is 0. The number of fused-ring (bicyclic) bond motifs is 1. The van der Waals surface area contributed by atoms with E-state index >= 15 is 0 Å². The molecule has 0 aromatic heterocycles. The Morgan fingerprint density at radius 3 is 2.85 bits per heavy atom. The summed E-state index contributed by atoms with van der Waals surface area (Å²) in [4.78, 5) is 7.01. The van der Waals surface area contributed by atoms with Gasteiger partial charge in [-0.2, -0.15) is 0 Å². The smallest absolute Gasteiger partial charge is 0.193 e. The lowest BCUT2D eigenvalue weighted by Crippen LogP contribution is -2.38. The Bertz CT molecular complexity index is 597. The number of aliphatic imine (C=N–C) groups is 1. The number of nitrogens with one attached hydrogen (secondary N) is 1. The third-order valence-electron chi connectivity index (χ3n) is 4.85. The first kappa shape index (κ1) is 21.1. The molecule has 1 aromatic rings. The molecule has 0 bridgehead atoms. The average Bonchev–Trinajstić information content (AvgIpc) is 2.85. The van der Waals surface area contributed by atoms with Crippen LogP contribution in [0.15, 0.2) is 23.2 Å². The maximum atomic E-state index is 6.01. The Kier molecular flexibility index (Phi) is 8.77. The third-order valence-corrected chi connectivity index (χ3v) is 4.85. The number of halogens is 1. The van der Waals surface area contributed by atoms with Crippen molar-refractivity contribution in [1.82, 2.24) is 4.90 Å². The van der Waals surface area contributed by atoms with E-state index in [-0.39, 0.29) is 24.0 Å². The number of nitrogens with zero attached hydrogens (tertiary/aromatic N) is 2. The zero-order valence-electron chi connectivity index (χ0n) is 15.6. The molecule has 1 unspecified atom stereocenters. The standard InChI is InChI=1S/C19H30N4O2.HI/c1-15-6-2-3-10-23(15)11-4-9-21-19(20)22-16-7-8-17-18(14-16)25-13-5-12-24-17;/h7-8,14-15H,2-6,9-13H2,1H3,(H3,20,21,22);1H. The summed E-state index contributed by atoms with van der Waals surface area (Å²) in [6, 6.07) is 6.47. The molecule has 3 N–H and O–H groups in total. The number of nitrogens with two attached hydrogens (primary N) is 1. The maximum absolute atomic E-state index is 6.01. The second-order valence-electron chi connectivity index (χ2n) is 6.84. The van der Waals surface area contributed by atoms with E-state index in [4.69, 9.17) is 15.2 Å². The molecular weight excluding hydrogens is 443 g/mol. The number of likely N-dealkylation sites (tertiary alicyclic amines) is 1. The molecule has 1 fully saturated rings. The number of benzene rings is 1. The first-order chi connectivity index (χ1) is 12.2. The van der Waals surface area contributed by atoms with Crippen molar-refractivity contribution in [2.75, 3.05) is 38.2 Å². The predicted molar refractivity (Wildman–Crippen MR) is 117 cm³/mol. The van der Waals surface area contributed by atoms with Crippen LogP contribution in [0.2, 0.25) is 0 Å². The molecule has 6 nitrogen and oxygen atoms in total. The van der Waals surface area contributed by atoms with Crippen molar-refractivity contribution >= 4 is 35.6 Å². The van der Waals surface area contributed by atoms with E-state index in [9.17, 15) is 0 Å². The molecule has 2 aliphatic rings. The van der Waals surface area contributed by atoms with Gasteiger partial charge in [0.15, 0.2) is 17.5 Å². The average molecular weight is 474 g/mol. The van der Waals surface area contributed by atoms with E-state index in [2.05, 4.69) is 22.1 Å². The van der Waals surface area contributed by atoms with E-state index < -0.39 is 0 Å². The van der Waals surface area contributed by atoms with Gasteiger partial charge in [-0.05, 0) is 44.9 Å². The fraction of sp³-hybridized carbons (Fsp3) is 0.632. The van der Waals surface area contributed by atoms with Gasteiger partial charge in [-0.1, -0.05) is 6.42 Å². The summed E-state index contributed by atoms with van der Waals surface area (Å²) in [5.74, 6) is 1.99. The quantitative estimate of drug-likeness (QED) is 0.296. The topological polar surface area (TPSA) is 72.1 Å². The van der Waals surface area contributed by atoms with E-state index in [0.29, 0.717) is 25.2 Å². The van der Waals surface area contributed by atoms with Crippen molar-refractivity contribution < 1.29 is 9.47 Å². The van der Waals surface area contributed by atoms with Gasteiger partial charge in [-0.15, -0.1) is 24.0 Å². The molecule has 1 aromatic carbocycles. The number of rotatable bonds is 5. The molecule has 0 spiro atoms. The van der Waals surface area contributed by atoms with Crippen LogP contribution in [0.25, 0.3) is 0 Å². The summed E-state index contributed by atoms with van der Waals surface area (Å²) >= 11 is 0. The molecule has 7 heteroatoms. The molecule has 26 heavy (non-hydrogen) atoms. The lowest BCUT2D eigenvalue weighted by molar-refractivity contribution is 0.160. The Hall–Kier alpha value is -1.22. The second kappa shape index (κ2) is 10.8. The van der Waals surface area contributed by atoms with Crippen LogP contribution in [-0.4, -0.2) is 49.7 Å². The molecule has 1 atom stereocenters. The highest BCUT2D eigenvalue weighted by Gasteiger charge is 2.17. The summed E-state index contributed by atoms with van der Waals surface area (Å²) in [5.41, 5.74) is 6.88. The van der Waals surface area contributed by atoms with Gasteiger partial charge in [0.05, 0.1) is 13.2 Å². The Balaban J connectivity index is 0.00000243. The summed E-state index contributed by atoms with van der Waals surface area (Å²) in [6.45, 7) is 6.75. The molecular formula is C19H31IN4O2. The SMILES string of the molecule is CC1CCCCN1CCCN=C(N)Nc1ccc2c(c1)OCCCO2.I. The van der Waals surface area contributed by atoms with Gasteiger partial charge in [0.1, 0.15) is 0 Å². The Morgan fingerprint density at radius 1 is 1.23 bits per heavy atom. The number of anilines is 1. The van der Waals surface area contributed by atoms with Crippen molar-refractivity contribution in [3.8, 4) is 11.5 Å². The zero-order chi connectivity index (χ0) is 17.5. The number of guanidine groups is 1. The Labute approximate surface area is 173 Å². The summed E-state index contributed by atoms with van der Waals surface area (Å²) in [6.07, 6.45) is 5.94. The normalized spacial score (nSPS) is 20.8. The summed E-state index contributed by atoms with van der Waals surface area (Å²) in [5, 5.41) is 3.14. The van der Waals surface area contributed by atoms with Crippen LogP contribution in [0.1, 0.15) is 39.0 Å². The number of hydrogen-bond acceptors (Lipinski definition) is 4. The van der Waals surface area contributed by atoms with Gasteiger partial charge in [-0.25, -0.2) is 0 Å². The van der Waals surface area contributed by atoms with Crippen LogP contribution in [0.5, 0.6) is 11.5 Å². The first-order valence-electron chi connectivity index (χ1n) is 9.43. The van der Waals surface area contributed by atoms with Crippen molar-refractivity contribution in [1.29, 1.82) is 0 Å². The van der Waals surface area contributed by atoms with Crippen LogP contribution >= 0.6 is 24.0 Å². The third kappa shape index (κ3) is 6.19. The van der Waals surface area contributed by atoms with Crippen LogP contribution in [0, 0.1) is 0 Å². The van der Waals surface area contributed by atoms with Crippen LogP contribution < -0.4 is 20.5 Å². The fourth-order valence-corrected chi connectivity index (χ4v) is 3.39. The van der Waals surface area contributed by atoms with Gasteiger partial charge < -0.3 is 25.4 Å². The number of hydrogen-bond donors (Lipinski definition) is 2. The largest absolute Gasteiger partial charge is 0.490 e. The molecule has 0 amide bonds. The molecule has 2 heterocycles. The molecule has 146 valence electrons. The lowest BCUT2D eigenvalue weighted by Gasteiger charge is -2.33. The van der Waals surface area contributed by atoms with Gasteiger partial charge in [-0.3, -0.25) is 4.99 Å². The highest BCUT2D eigenvalue weighted by molar-refractivity contribution is 14.0. The molecule has 2 aliphatic heterocycles. The monoisotopic (exact) mass is 474 g/mol. The number of piperidine rings is 1. The molecule has 3 rings (SSSR count). The van der Waals surface area contributed by atoms with Crippen LogP contribution in [-0.2, 0) is 0 Å². The van der Waals surface area contributed by atoms with E-state index in [1.807, 2.05) is 18.2 Å². The highest BCUT2D eigenvalue weighted by atomic mass is 127. The first-order valence-corrected chi connectivity index (χ1v) is 9.43. The van der Waals surface area contributed by atoms with Crippen molar-refractivity contribution in [3.63, 3.8) is 0 Å². The molecule has 0 saturated carbocycles. The molecule has 0 radical (unpaired) electrons. The highest BCUT2D eigenvalue weighted by Crippen LogP contribution is 2.32. The van der Waals surface area contributed by atoms with Gasteiger partial charge in [0.25, 0.3) is 0 Å². The predicted octanol–water partition coefficient (Wildman–Crippen LogP) is 3.46. The second-order valence-corrected chi connectivity index (χ2v) is 6.84. The van der Waals surface area contributed by atoms with Gasteiger partial charge in [0, 0.05) is 37.3 Å². The van der Waals surface area contributed by atoms with Gasteiger partial charge >= 0.3 is 0 Å². The summed E-state index contributed by atoms with van der Waals surface area (Å²) < 4.78 is 11.3. The van der Waals surface area contributed by atoms with Crippen molar-refractivity contribution in [3.05, 3.63) is 18.2 Å². The fourth-order valence-electron chi connectivity index (χ4n) is 3.39. The van der Waals surface area contributed by atoms with E-state index in [1.54, 1.807) is 0 Å². The zero-order valence-corrected chi connectivity index (χ0v) is 17.9. The summed E-state index contributed by atoms with van der Waals surface area (Å²) in [7, 11) is 0. The molecule has 0 aliphatic carbocycles. The lowest BCUT2D eigenvalue weighted by atomic mass is 10.0. The molecule has 1 saturated heterocycles. The minimum Gasteiger partial charge on any atom is -0.490 e. The van der Waals surface area contributed by atoms with Crippen LogP contribution in [0.4, 0.5) is 5.69 Å². The van der Waals surface area contributed by atoms with Crippen molar-refractivity contribution in [2.24, 2.45) is 10.7 Å². The van der Waals surface area contributed by atoms with Crippen molar-refractivity contribution in [2.45, 2.75) is 45.1 Å². The number of ether oxygens (including phenoxy) is 2. The van der Waals surface area contributed by atoms with Crippen LogP contribution in [0.3, 0.4) is 0 Å². The van der Waals surface area contributed by atoms with E-state index in [0.717, 1.165) is 43.1 Å². The Morgan fingerprint density at radius 2 is 2.04 bits per heavy atom. The van der Waals surface area contributed by atoms with E-state index in [1.165, 1.54) is 25.8 Å².